The zero-order valence-corrected chi connectivity index (χ0v) is 9.70. The van der Waals surface area contributed by atoms with Crippen molar-refractivity contribution in [2.24, 2.45) is 28.1 Å². The van der Waals surface area contributed by atoms with E-state index in [1.807, 2.05) is 0 Å². The predicted octanol–water partition coefficient (Wildman–Crippen LogP) is 2.19. The topological polar surface area (TPSA) is 64.7 Å². The van der Waals surface area contributed by atoms with E-state index < -0.39 is 10.8 Å². The Bertz CT molecular complexity index is 511. The van der Waals surface area contributed by atoms with E-state index in [-0.39, 0.29) is 11.2 Å². The zero-order chi connectivity index (χ0) is 11.9. The molecule has 4 rings (SSSR count). The van der Waals surface area contributed by atoms with E-state index in [0.29, 0.717) is 18.3 Å². The highest BCUT2D eigenvalue weighted by Crippen LogP contribution is 2.98. The van der Waals surface area contributed by atoms with Crippen LogP contribution in [0.3, 0.4) is 0 Å². The molecule has 0 saturated heterocycles. The Labute approximate surface area is 100 Å². The summed E-state index contributed by atoms with van der Waals surface area (Å²) >= 11 is 0. The van der Waals surface area contributed by atoms with Crippen molar-refractivity contribution < 1.29 is 4.79 Å². The smallest absolute Gasteiger partial charge is 0.164 e. The van der Waals surface area contributed by atoms with Crippen molar-refractivity contribution in [2.75, 3.05) is 0 Å². The fraction of sp³-hybridized carbons (Fsp3) is 0.786. The van der Waals surface area contributed by atoms with Crippen LogP contribution >= 0.6 is 0 Å². The van der Waals surface area contributed by atoms with Gasteiger partial charge in [0.05, 0.1) is 17.6 Å². The molecule has 0 bridgehead atoms. The Balaban J connectivity index is 1.95. The minimum absolute atomic E-state index is 0.222. The van der Waals surface area contributed by atoms with Gasteiger partial charge in [-0.1, -0.05) is 12.8 Å². The number of Topliss-reactive ketones (excluding diaryl/α,β-unsaturated/α-hetero) is 1. The molecule has 4 unspecified atom stereocenters. The second-order valence-corrected chi connectivity index (χ2v) is 6.17. The normalized spacial score (nSPS) is 52.2. The van der Waals surface area contributed by atoms with Crippen LogP contribution in [-0.4, -0.2) is 5.78 Å². The molecule has 0 amide bonds. The quantitative estimate of drug-likeness (QED) is 0.636. The molecule has 0 N–H and O–H groups in total. The Kier molecular flexibility index (Phi) is 1.37. The molecule has 3 nitrogen and oxygen atoms in total. The lowest BCUT2D eigenvalue weighted by atomic mass is 9.53. The average molecular weight is 226 g/mol. The van der Waals surface area contributed by atoms with Crippen LogP contribution < -0.4 is 0 Å². The van der Waals surface area contributed by atoms with E-state index in [9.17, 15) is 15.3 Å². The summed E-state index contributed by atoms with van der Waals surface area (Å²) in [7, 11) is 0. The molecule has 4 saturated carbocycles. The summed E-state index contributed by atoms with van der Waals surface area (Å²) in [5, 5.41) is 19.0. The lowest BCUT2D eigenvalue weighted by molar-refractivity contribution is -0.133. The van der Waals surface area contributed by atoms with Gasteiger partial charge in [0.2, 0.25) is 0 Å². The number of ketones is 1. The highest BCUT2D eigenvalue weighted by atomic mass is 16.1. The summed E-state index contributed by atoms with van der Waals surface area (Å²) < 4.78 is 0. The van der Waals surface area contributed by atoms with Gasteiger partial charge in [-0.2, -0.15) is 10.5 Å². The Hall–Kier alpha value is -1.35. The van der Waals surface area contributed by atoms with Crippen molar-refractivity contribution in [1.29, 1.82) is 10.5 Å². The van der Waals surface area contributed by atoms with E-state index in [4.69, 9.17) is 0 Å². The van der Waals surface area contributed by atoms with Crippen LogP contribution in [0.25, 0.3) is 0 Å². The van der Waals surface area contributed by atoms with Crippen molar-refractivity contribution in [3.05, 3.63) is 0 Å². The Morgan fingerprint density at radius 3 is 2.59 bits per heavy atom. The van der Waals surface area contributed by atoms with Gasteiger partial charge in [0.15, 0.2) is 5.41 Å². The molecule has 86 valence electrons. The summed E-state index contributed by atoms with van der Waals surface area (Å²) in [4.78, 5) is 12.3. The Morgan fingerprint density at radius 2 is 1.88 bits per heavy atom. The van der Waals surface area contributed by atoms with Gasteiger partial charge < -0.3 is 0 Å². The molecule has 0 aromatic rings. The fourth-order valence-electron chi connectivity index (χ4n) is 6.16. The third kappa shape index (κ3) is 0.561. The van der Waals surface area contributed by atoms with Gasteiger partial charge in [0.25, 0.3) is 0 Å². The van der Waals surface area contributed by atoms with Gasteiger partial charge in [-0.15, -0.1) is 0 Å². The van der Waals surface area contributed by atoms with E-state index in [1.165, 1.54) is 6.42 Å². The first-order chi connectivity index (χ1) is 8.23. The second-order valence-electron chi connectivity index (χ2n) is 6.17. The molecule has 17 heavy (non-hydrogen) atoms. The van der Waals surface area contributed by atoms with Gasteiger partial charge in [0, 0.05) is 11.8 Å². The highest BCUT2D eigenvalue weighted by molar-refractivity contribution is 5.98. The van der Waals surface area contributed by atoms with Crippen molar-refractivity contribution in [2.45, 2.75) is 38.5 Å². The van der Waals surface area contributed by atoms with Crippen LogP contribution in [0.5, 0.6) is 0 Å². The maximum Gasteiger partial charge on any atom is 0.164 e. The van der Waals surface area contributed by atoms with Crippen molar-refractivity contribution in [1.82, 2.24) is 0 Å². The average Bonchev–Trinajstić information content (AvgIpc) is 2.59. The van der Waals surface area contributed by atoms with Gasteiger partial charge >= 0.3 is 0 Å². The first-order valence-electron chi connectivity index (χ1n) is 6.59. The van der Waals surface area contributed by atoms with Gasteiger partial charge in [-0.3, -0.25) is 4.79 Å². The molecular weight excluding hydrogens is 212 g/mol. The molecular formula is C14H14N2O. The number of nitriles is 2. The van der Waals surface area contributed by atoms with Crippen molar-refractivity contribution in [3.8, 4) is 12.1 Å². The number of carbonyl (C=O) groups is 1. The summed E-state index contributed by atoms with van der Waals surface area (Å²) in [6.45, 7) is 0. The standard InChI is InChI=1S/C14H14N2O/c15-7-12(8-16)13-6-2-1-3-9(13)10-4-5-11(17)14(10,12)13/h9-10H,1-6H2. The fourth-order valence-corrected chi connectivity index (χ4v) is 6.16. The molecule has 0 radical (unpaired) electrons. The van der Waals surface area contributed by atoms with Gasteiger partial charge in [-0.25, -0.2) is 0 Å². The second kappa shape index (κ2) is 2.41. The summed E-state index contributed by atoms with van der Waals surface area (Å²) in [5.41, 5.74) is -1.70. The third-order valence-electron chi connectivity index (χ3n) is 6.37. The molecule has 4 aliphatic carbocycles. The van der Waals surface area contributed by atoms with Crippen molar-refractivity contribution >= 4 is 5.78 Å². The molecule has 0 aromatic heterocycles. The highest BCUT2D eigenvalue weighted by Gasteiger charge is 3.03. The number of carbonyl (C=O) groups excluding carboxylic acids is 1. The maximum absolute atomic E-state index is 12.3. The van der Waals surface area contributed by atoms with Crippen LogP contribution in [0.1, 0.15) is 38.5 Å². The monoisotopic (exact) mass is 226 g/mol. The number of fused-ring (bicyclic) bond motifs is 1. The molecule has 0 aromatic carbocycles. The minimum atomic E-state index is -0.955. The van der Waals surface area contributed by atoms with Gasteiger partial charge in [0.1, 0.15) is 5.78 Å². The van der Waals surface area contributed by atoms with E-state index in [2.05, 4.69) is 12.1 Å². The van der Waals surface area contributed by atoms with E-state index in [1.54, 1.807) is 0 Å². The SMILES string of the molecule is N#CC1(C#N)C23CCCCC2C2CCC(=O)C213. The molecule has 4 atom stereocenters. The molecule has 4 fully saturated rings. The molecule has 3 heteroatoms. The zero-order valence-electron chi connectivity index (χ0n) is 9.70. The van der Waals surface area contributed by atoms with Crippen LogP contribution in [-0.2, 0) is 4.79 Å². The molecule has 0 aliphatic heterocycles. The minimum Gasteiger partial charge on any atom is -0.299 e. The number of hydrogen-bond acceptors (Lipinski definition) is 3. The first kappa shape index (κ1) is 9.66. The van der Waals surface area contributed by atoms with Gasteiger partial charge in [-0.05, 0) is 31.1 Å². The van der Waals surface area contributed by atoms with E-state index >= 15 is 0 Å². The Morgan fingerprint density at radius 1 is 1.12 bits per heavy atom. The van der Waals surface area contributed by atoms with Crippen LogP contribution in [0.15, 0.2) is 0 Å². The molecule has 4 aliphatic rings. The van der Waals surface area contributed by atoms with Crippen LogP contribution in [0.2, 0.25) is 0 Å². The number of rotatable bonds is 0. The largest absolute Gasteiger partial charge is 0.299 e. The van der Waals surface area contributed by atoms with Crippen LogP contribution in [0, 0.1) is 50.7 Å². The van der Waals surface area contributed by atoms with E-state index in [0.717, 1.165) is 25.7 Å². The van der Waals surface area contributed by atoms with Crippen molar-refractivity contribution in [3.63, 3.8) is 0 Å². The van der Waals surface area contributed by atoms with Crippen LogP contribution in [0.4, 0.5) is 0 Å². The molecule has 0 heterocycles. The lowest BCUT2D eigenvalue weighted by Crippen LogP contribution is -2.47. The first-order valence-corrected chi connectivity index (χ1v) is 6.59. The number of hydrogen-bond donors (Lipinski definition) is 0. The summed E-state index contributed by atoms with van der Waals surface area (Å²) in [5.74, 6) is 1.07. The molecule has 2 spiro atoms. The summed E-state index contributed by atoms with van der Waals surface area (Å²) in [6, 6.07) is 4.53. The number of nitrogens with zero attached hydrogens (tertiary/aromatic N) is 2. The third-order valence-corrected chi connectivity index (χ3v) is 6.37. The summed E-state index contributed by atoms with van der Waals surface area (Å²) in [6.07, 6.45) is 5.89. The predicted molar refractivity (Wildman–Crippen MR) is 58.2 cm³/mol. The maximum atomic E-state index is 12.3. The lowest BCUT2D eigenvalue weighted by Gasteiger charge is -2.49.